The first-order valence-electron chi connectivity index (χ1n) is 10.4. The van der Waals surface area contributed by atoms with Crippen LogP contribution in [0.25, 0.3) is 0 Å². The molecule has 2 aliphatic rings. The summed E-state index contributed by atoms with van der Waals surface area (Å²) in [5.41, 5.74) is 4.99. The molecule has 1 saturated heterocycles. The van der Waals surface area contributed by atoms with Gasteiger partial charge in [0.15, 0.2) is 0 Å². The second-order valence-corrected chi connectivity index (χ2v) is 8.40. The third-order valence-electron chi connectivity index (χ3n) is 6.01. The Labute approximate surface area is 177 Å². The lowest BCUT2D eigenvalue weighted by Gasteiger charge is -2.36. The van der Waals surface area contributed by atoms with Crippen molar-refractivity contribution in [2.45, 2.75) is 39.3 Å². The summed E-state index contributed by atoms with van der Waals surface area (Å²) >= 11 is 0. The number of aliphatic imine (C=N–C) groups is 1. The number of amides is 2. The van der Waals surface area contributed by atoms with Crippen LogP contribution in [0.1, 0.15) is 35.1 Å². The molecule has 0 aliphatic carbocycles. The topological polar surface area (TPSA) is 73.8 Å². The number of hydrogen-bond donors (Lipinski definition) is 2. The Morgan fingerprint density at radius 1 is 1.07 bits per heavy atom. The van der Waals surface area contributed by atoms with Crippen LogP contribution in [0.5, 0.6) is 0 Å². The fraction of sp³-hybridized carbons (Fsp3) is 0.375. The van der Waals surface area contributed by atoms with Crippen LogP contribution in [-0.2, 0) is 9.59 Å². The molecule has 1 spiro atoms. The minimum atomic E-state index is -0.545. The van der Waals surface area contributed by atoms with Gasteiger partial charge in [-0.3, -0.25) is 19.5 Å². The van der Waals surface area contributed by atoms with Crippen molar-refractivity contribution in [3.8, 4) is 0 Å². The van der Waals surface area contributed by atoms with Crippen molar-refractivity contribution in [1.29, 1.82) is 0 Å². The summed E-state index contributed by atoms with van der Waals surface area (Å²) in [6, 6.07) is 13.9. The van der Waals surface area contributed by atoms with E-state index in [-0.39, 0.29) is 11.8 Å². The molecule has 30 heavy (non-hydrogen) atoms. The lowest BCUT2D eigenvalue weighted by molar-refractivity contribution is -0.119. The van der Waals surface area contributed by atoms with E-state index in [9.17, 15) is 9.59 Å². The van der Waals surface area contributed by atoms with Gasteiger partial charge in [-0.15, -0.1) is 0 Å². The highest BCUT2D eigenvalue weighted by Gasteiger charge is 2.42. The van der Waals surface area contributed by atoms with Gasteiger partial charge in [-0.05, 0) is 31.9 Å². The minimum Gasteiger partial charge on any atom is -0.326 e. The average Bonchev–Trinajstić information content (AvgIpc) is 3.03. The molecule has 0 unspecified atom stereocenters. The molecule has 1 fully saturated rings. The van der Waals surface area contributed by atoms with E-state index >= 15 is 0 Å². The summed E-state index contributed by atoms with van der Waals surface area (Å²) in [4.78, 5) is 32.0. The van der Waals surface area contributed by atoms with Gasteiger partial charge in [0.25, 0.3) is 5.91 Å². The summed E-state index contributed by atoms with van der Waals surface area (Å²) in [5, 5.41) is 6.14. The second kappa shape index (κ2) is 8.03. The van der Waals surface area contributed by atoms with Crippen LogP contribution in [0.3, 0.4) is 0 Å². The number of aryl methyl sites for hydroxylation is 3. The van der Waals surface area contributed by atoms with Gasteiger partial charge in [0.1, 0.15) is 11.4 Å². The third kappa shape index (κ3) is 4.14. The zero-order valence-corrected chi connectivity index (χ0v) is 17.8. The van der Waals surface area contributed by atoms with Crippen molar-refractivity contribution in [2.75, 3.05) is 25.0 Å². The maximum atomic E-state index is 12.6. The fourth-order valence-electron chi connectivity index (χ4n) is 4.18. The van der Waals surface area contributed by atoms with Gasteiger partial charge in [-0.2, -0.15) is 0 Å². The molecular weight excluding hydrogens is 376 g/mol. The fourth-order valence-corrected chi connectivity index (χ4v) is 4.18. The zero-order chi connectivity index (χ0) is 21.3. The van der Waals surface area contributed by atoms with Crippen molar-refractivity contribution in [1.82, 2.24) is 10.2 Å². The van der Waals surface area contributed by atoms with Crippen LogP contribution in [0.4, 0.5) is 5.69 Å². The number of hydrogen-bond acceptors (Lipinski definition) is 4. The quantitative estimate of drug-likeness (QED) is 0.823. The van der Waals surface area contributed by atoms with Crippen LogP contribution in [0.2, 0.25) is 0 Å². The number of nitrogens with zero attached hydrogens (tertiary/aromatic N) is 2. The van der Waals surface area contributed by atoms with Gasteiger partial charge < -0.3 is 10.6 Å². The van der Waals surface area contributed by atoms with Gasteiger partial charge in [0.05, 0.1) is 6.54 Å². The highest BCUT2D eigenvalue weighted by atomic mass is 16.2. The summed E-state index contributed by atoms with van der Waals surface area (Å²) < 4.78 is 0. The Bertz CT molecular complexity index is 982. The standard InChI is InChI=1S/C24H28N4O2/c1-16-7-9-19(10-8-16)22-23(30)27-24(26-22)11-13-28(14-12-24)15-20(29)25-21-17(2)5-4-6-18(21)3/h4-10H,11-15H2,1-3H3,(H,25,29)(H,27,30). The number of carbonyl (C=O) groups excluding carboxylic acids is 2. The zero-order valence-electron chi connectivity index (χ0n) is 17.8. The summed E-state index contributed by atoms with van der Waals surface area (Å²) in [6.45, 7) is 7.79. The molecule has 0 aromatic heterocycles. The van der Waals surface area contributed by atoms with E-state index in [2.05, 4.69) is 15.5 Å². The van der Waals surface area contributed by atoms with Crippen molar-refractivity contribution in [3.63, 3.8) is 0 Å². The number of likely N-dealkylation sites (tertiary alicyclic amines) is 1. The second-order valence-electron chi connectivity index (χ2n) is 8.40. The van der Waals surface area contributed by atoms with E-state index in [1.807, 2.05) is 63.2 Å². The molecule has 4 rings (SSSR count). The Morgan fingerprint density at radius 2 is 1.70 bits per heavy atom. The van der Waals surface area contributed by atoms with Crippen LogP contribution in [-0.4, -0.2) is 47.7 Å². The maximum absolute atomic E-state index is 12.6. The molecule has 6 heteroatoms. The molecule has 156 valence electrons. The number of piperidine rings is 1. The molecule has 2 amide bonds. The average molecular weight is 405 g/mol. The molecule has 2 N–H and O–H groups in total. The first kappa shape index (κ1) is 20.3. The first-order valence-corrected chi connectivity index (χ1v) is 10.4. The molecule has 2 aromatic rings. The van der Waals surface area contributed by atoms with E-state index in [0.29, 0.717) is 38.2 Å². The monoisotopic (exact) mass is 404 g/mol. The predicted molar refractivity (Wildman–Crippen MR) is 119 cm³/mol. The number of nitrogens with one attached hydrogen (secondary N) is 2. The van der Waals surface area contributed by atoms with Gasteiger partial charge in [0.2, 0.25) is 5.91 Å². The molecule has 2 aromatic carbocycles. The number of anilines is 1. The normalized spacial score (nSPS) is 18.2. The number of carbonyl (C=O) groups is 2. The molecule has 6 nitrogen and oxygen atoms in total. The molecule has 2 aliphatic heterocycles. The third-order valence-corrected chi connectivity index (χ3v) is 6.01. The Morgan fingerprint density at radius 3 is 2.33 bits per heavy atom. The Kier molecular flexibility index (Phi) is 5.43. The number of benzene rings is 2. The number of para-hydroxylation sites is 1. The van der Waals surface area contributed by atoms with Crippen molar-refractivity contribution in [3.05, 3.63) is 64.7 Å². The molecule has 0 atom stereocenters. The van der Waals surface area contributed by atoms with Gasteiger partial charge >= 0.3 is 0 Å². The van der Waals surface area contributed by atoms with Crippen LogP contribution < -0.4 is 10.6 Å². The van der Waals surface area contributed by atoms with E-state index in [1.165, 1.54) is 0 Å². The minimum absolute atomic E-state index is 0.0114. The van der Waals surface area contributed by atoms with Gasteiger partial charge in [-0.1, -0.05) is 48.0 Å². The highest BCUT2D eigenvalue weighted by Crippen LogP contribution is 2.29. The molecule has 0 saturated carbocycles. The van der Waals surface area contributed by atoms with Crippen molar-refractivity contribution >= 4 is 23.2 Å². The lowest BCUT2D eigenvalue weighted by atomic mass is 9.98. The molecule has 0 radical (unpaired) electrons. The van der Waals surface area contributed by atoms with Gasteiger partial charge in [-0.25, -0.2) is 0 Å². The van der Waals surface area contributed by atoms with E-state index in [1.54, 1.807) is 0 Å². The summed E-state index contributed by atoms with van der Waals surface area (Å²) in [6.07, 6.45) is 1.40. The van der Waals surface area contributed by atoms with Crippen LogP contribution >= 0.6 is 0 Å². The molecular formula is C24H28N4O2. The predicted octanol–water partition coefficient (Wildman–Crippen LogP) is 2.96. The summed E-state index contributed by atoms with van der Waals surface area (Å²) in [7, 11) is 0. The highest BCUT2D eigenvalue weighted by molar-refractivity contribution is 6.46. The Balaban J connectivity index is 1.37. The van der Waals surface area contributed by atoms with E-state index in [4.69, 9.17) is 4.99 Å². The van der Waals surface area contributed by atoms with Crippen LogP contribution in [0.15, 0.2) is 47.5 Å². The first-order chi connectivity index (χ1) is 14.3. The lowest BCUT2D eigenvalue weighted by Crippen LogP contribution is -2.52. The van der Waals surface area contributed by atoms with Crippen molar-refractivity contribution in [2.24, 2.45) is 4.99 Å². The Hall–Kier alpha value is -2.99. The molecule has 2 heterocycles. The largest absolute Gasteiger partial charge is 0.326 e. The van der Waals surface area contributed by atoms with Gasteiger partial charge in [0, 0.05) is 37.2 Å². The van der Waals surface area contributed by atoms with Crippen molar-refractivity contribution < 1.29 is 9.59 Å². The smallest absolute Gasteiger partial charge is 0.272 e. The molecule has 0 bridgehead atoms. The van der Waals surface area contributed by atoms with Crippen LogP contribution in [0, 0.1) is 20.8 Å². The SMILES string of the molecule is Cc1ccc(C2=NC3(CCN(CC(=O)Nc4c(C)cccc4C)CC3)NC2=O)cc1. The summed E-state index contributed by atoms with van der Waals surface area (Å²) in [5.74, 6) is -0.122. The number of rotatable bonds is 4. The maximum Gasteiger partial charge on any atom is 0.272 e. The van der Waals surface area contributed by atoms with E-state index in [0.717, 1.165) is 27.9 Å². The van der Waals surface area contributed by atoms with E-state index < -0.39 is 5.66 Å².